The molecule has 0 radical (unpaired) electrons. The number of β-amino-alcohol motifs (C(OH)–C–C–N with tert-alkyl or cyclic N) is 1. The molecule has 2 atom stereocenters. The largest absolute Gasteiger partial charge is 0.391 e. The predicted octanol–water partition coefficient (Wildman–Crippen LogP) is 0.644. The van der Waals surface area contributed by atoms with Crippen molar-refractivity contribution in [1.82, 2.24) is 15.1 Å². The lowest BCUT2D eigenvalue weighted by Crippen LogP contribution is -2.29. The third-order valence-corrected chi connectivity index (χ3v) is 3.45. The minimum absolute atomic E-state index is 0.109. The fraction of sp³-hybridized carbons (Fsp3) is 0.625. The van der Waals surface area contributed by atoms with Crippen LogP contribution in [0.1, 0.15) is 16.7 Å². The van der Waals surface area contributed by atoms with Crippen LogP contribution < -0.4 is 0 Å². The van der Waals surface area contributed by atoms with Crippen molar-refractivity contribution in [3.63, 3.8) is 0 Å². The molecule has 2 rings (SSSR count). The van der Waals surface area contributed by atoms with Crippen LogP contribution in [0.4, 0.5) is 0 Å². The summed E-state index contributed by atoms with van der Waals surface area (Å²) in [5.41, 5.74) is 0. The number of halogens is 1. The maximum absolute atomic E-state index is 11.8. The highest BCUT2D eigenvalue weighted by molar-refractivity contribution is 7.17. The molecule has 1 aromatic rings. The van der Waals surface area contributed by atoms with E-state index in [0.717, 1.165) is 11.3 Å². The van der Waals surface area contributed by atoms with Gasteiger partial charge in [-0.05, 0) is 11.6 Å². The highest BCUT2D eigenvalue weighted by atomic mass is 35.5. The number of carbonyl (C=O) groups is 1. The normalized spacial score (nSPS) is 25.9. The summed E-state index contributed by atoms with van der Waals surface area (Å²) < 4.78 is 0.256. The van der Waals surface area contributed by atoms with Crippen LogP contribution >= 0.6 is 22.9 Å². The molecule has 15 heavy (non-hydrogen) atoms. The Morgan fingerprint density at radius 1 is 1.60 bits per heavy atom. The second-order valence-electron chi connectivity index (χ2n) is 3.61. The van der Waals surface area contributed by atoms with Gasteiger partial charge in [0.25, 0.3) is 5.91 Å². The van der Waals surface area contributed by atoms with Crippen molar-refractivity contribution >= 4 is 28.8 Å². The maximum Gasteiger partial charge on any atom is 0.284 e. The van der Waals surface area contributed by atoms with E-state index in [1.165, 1.54) is 0 Å². The number of nitrogens with zero attached hydrogens (tertiary/aromatic N) is 3. The van der Waals surface area contributed by atoms with E-state index >= 15 is 0 Å². The molecule has 2 unspecified atom stereocenters. The van der Waals surface area contributed by atoms with Gasteiger partial charge in [0.2, 0.25) is 9.47 Å². The number of likely N-dealkylation sites (tertiary alicyclic amines) is 1. The van der Waals surface area contributed by atoms with Gasteiger partial charge in [-0.2, -0.15) is 0 Å². The second kappa shape index (κ2) is 4.03. The molecular weight excluding hydrogens is 238 g/mol. The third kappa shape index (κ3) is 2.11. The van der Waals surface area contributed by atoms with Gasteiger partial charge in [-0.1, -0.05) is 18.3 Å². The molecule has 5 nitrogen and oxygen atoms in total. The smallest absolute Gasteiger partial charge is 0.284 e. The Bertz CT molecular complexity index is 374. The van der Waals surface area contributed by atoms with Gasteiger partial charge in [0.1, 0.15) is 0 Å². The Labute approximate surface area is 95.7 Å². The highest BCUT2D eigenvalue weighted by Crippen LogP contribution is 2.21. The van der Waals surface area contributed by atoms with Crippen molar-refractivity contribution in [3.05, 3.63) is 9.47 Å². The number of aromatic nitrogens is 2. The summed E-state index contributed by atoms with van der Waals surface area (Å²) in [4.78, 5) is 13.4. The van der Waals surface area contributed by atoms with Gasteiger partial charge < -0.3 is 10.0 Å². The van der Waals surface area contributed by atoms with Crippen LogP contribution in [0.25, 0.3) is 0 Å². The summed E-state index contributed by atoms with van der Waals surface area (Å²) in [6.07, 6.45) is -0.447. The fourth-order valence-electron chi connectivity index (χ4n) is 1.54. The van der Waals surface area contributed by atoms with E-state index in [4.69, 9.17) is 11.6 Å². The quantitative estimate of drug-likeness (QED) is 0.791. The topological polar surface area (TPSA) is 66.3 Å². The van der Waals surface area contributed by atoms with E-state index < -0.39 is 6.10 Å². The maximum atomic E-state index is 11.8. The molecule has 7 heteroatoms. The molecule has 1 N–H and O–H groups in total. The lowest BCUT2D eigenvalue weighted by molar-refractivity contribution is 0.0763. The average Bonchev–Trinajstić information content (AvgIpc) is 2.74. The van der Waals surface area contributed by atoms with Crippen LogP contribution in [0.5, 0.6) is 0 Å². The first kappa shape index (κ1) is 10.8. The summed E-state index contributed by atoms with van der Waals surface area (Å²) in [7, 11) is 0. The van der Waals surface area contributed by atoms with Crippen molar-refractivity contribution in [2.24, 2.45) is 5.92 Å². The summed E-state index contributed by atoms with van der Waals surface area (Å²) in [6.45, 7) is 2.82. The lowest BCUT2D eigenvalue weighted by atomic mass is 10.1. The number of rotatable bonds is 1. The molecule has 0 bridgehead atoms. The predicted molar refractivity (Wildman–Crippen MR) is 56.0 cm³/mol. The van der Waals surface area contributed by atoms with Crippen LogP contribution in [0.15, 0.2) is 0 Å². The molecule has 0 aliphatic carbocycles. The van der Waals surface area contributed by atoms with E-state index in [1.54, 1.807) is 4.90 Å². The summed E-state index contributed by atoms with van der Waals surface area (Å²) >= 11 is 6.65. The third-order valence-electron chi connectivity index (χ3n) is 2.44. The van der Waals surface area contributed by atoms with Crippen LogP contribution in [0.2, 0.25) is 4.47 Å². The Hall–Kier alpha value is -0.720. The Balaban J connectivity index is 2.10. The fourth-order valence-corrected chi connectivity index (χ4v) is 2.34. The number of amides is 1. The highest BCUT2D eigenvalue weighted by Gasteiger charge is 2.32. The molecule has 0 aromatic carbocycles. The van der Waals surface area contributed by atoms with Gasteiger partial charge in [-0.25, -0.2) is 0 Å². The van der Waals surface area contributed by atoms with Gasteiger partial charge >= 0.3 is 0 Å². The van der Waals surface area contributed by atoms with Crippen molar-refractivity contribution in [2.75, 3.05) is 13.1 Å². The summed E-state index contributed by atoms with van der Waals surface area (Å²) in [6, 6.07) is 0. The van der Waals surface area contributed by atoms with Crippen molar-refractivity contribution in [1.29, 1.82) is 0 Å². The molecule has 1 saturated heterocycles. The zero-order valence-corrected chi connectivity index (χ0v) is 9.62. The lowest BCUT2D eigenvalue weighted by Gasteiger charge is -2.12. The molecule has 1 amide bonds. The molecule has 1 aliphatic heterocycles. The first-order chi connectivity index (χ1) is 7.08. The van der Waals surface area contributed by atoms with Crippen molar-refractivity contribution in [3.8, 4) is 0 Å². The van der Waals surface area contributed by atoms with Gasteiger partial charge in [0.15, 0.2) is 0 Å². The SMILES string of the molecule is CC1CN(C(=O)c2nnc(Cl)s2)CC1O. The number of carbonyl (C=O) groups excluding carboxylic acids is 1. The first-order valence-corrected chi connectivity index (χ1v) is 5.73. The molecule has 1 fully saturated rings. The average molecular weight is 248 g/mol. The van der Waals surface area contributed by atoms with Crippen molar-refractivity contribution in [2.45, 2.75) is 13.0 Å². The molecule has 2 heterocycles. The minimum Gasteiger partial charge on any atom is -0.391 e. The monoisotopic (exact) mass is 247 g/mol. The molecule has 1 aromatic heterocycles. The number of aliphatic hydroxyl groups is 1. The van der Waals surface area contributed by atoms with E-state index in [-0.39, 0.29) is 21.3 Å². The van der Waals surface area contributed by atoms with Crippen molar-refractivity contribution < 1.29 is 9.90 Å². The van der Waals surface area contributed by atoms with E-state index in [0.29, 0.717) is 13.1 Å². The standard InChI is InChI=1S/C8H10ClN3O2S/c1-4-2-12(3-5(4)13)7(14)6-10-11-8(9)15-6/h4-5,13H,2-3H2,1H3. The Morgan fingerprint density at radius 2 is 2.33 bits per heavy atom. The summed E-state index contributed by atoms with van der Waals surface area (Å²) in [5.74, 6) is -0.0971. The number of hydrogen-bond donors (Lipinski definition) is 1. The zero-order valence-electron chi connectivity index (χ0n) is 8.05. The van der Waals surface area contributed by atoms with E-state index in [2.05, 4.69) is 10.2 Å². The number of hydrogen-bond acceptors (Lipinski definition) is 5. The van der Waals surface area contributed by atoms with Gasteiger partial charge in [0.05, 0.1) is 6.10 Å². The first-order valence-electron chi connectivity index (χ1n) is 4.54. The Kier molecular flexibility index (Phi) is 2.90. The Morgan fingerprint density at radius 3 is 2.80 bits per heavy atom. The molecule has 0 spiro atoms. The van der Waals surface area contributed by atoms with Gasteiger partial charge in [-0.15, -0.1) is 10.2 Å². The van der Waals surface area contributed by atoms with Crippen LogP contribution in [0.3, 0.4) is 0 Å². The molecule has 82 valence electrons. The van der Waals surface area contributed by atoms with Crippen LogP contribution in [-0.2, 0) is 0 Å². The number of aliphatic hydroxyl groups excluding tert-OH is 1. The minimum atomic E-state index is -0.447. The van der Waals surface area contributed by atoms with Gasteiger partial charge in [-0.3, -0.25) is 4.79 Å². The van der Waals surface area contributed by atoms with Gasteiger partial charge in [0, 0.05) is 19.0 Å². The molecule has 1 aliphatic rings. The zero-order chi connectivity index (χ0) is 11.0. The molecule has 0 saturated carbocycles. The summed E-state index contributed by atoms with van der Waals surface area (Å²) in [5, 5.41) is 17.0. The van der Waals surface area contributed by atoms with Crippen LogP contribution in [-0.4, -0.2) is 45.3 Å². The van der Waals surface area contributed by atoms with E-state index in [1.807, 2.05) is 6.92 Å². The molecular formula is C8H10ClN3O2S. The second-order valence-corrected chi connectivity index (χ2v) is 5.17. The van der Waals surface area contributed by atoms with E-state index in [9.17, 15) is 9.90 Å². The van der Waals surface area contributed by atoms with Crippen LogP contribution in [0, 0.1) is 5.92 Å².